The zero-order chi connectivity index (χ0) is 15.9. The molecule has 0 saturated carbocycles. The molecule has 1 aromatic rings. The maximum absolute atomic E-state index is 12.7. The van der Waals surface area contributed by atoms with E-state index in [1.165, 1.54) is 17.7 Å². The fourth-order valence-corrected chi connectivity index (χ4v) is 4.16. The molecule has 5 heteroatoms. The number of sulfone groups is 1. The van der Waals surface area contributed by atoms with E-state index >= 15 is 0 Å². The first-order valence-electron chi connectivity index (χ1n) is 7.59. The van der Waals surface area contributed by atoms with E-state index in [9.17, 15) is 13.2 Å². The van der Waals surface area contributed by atoms with E-state index in [0.29, 0.717) is 17.4 Å². The summed E-state index contributed by atoms with van der Waals surface area (Å²) in [7, 11) is -3.29. The monoisotopic (exact) mass is 319 g/mol. The zero-order valence-corrected chi connectivity index (χ0v) is 13.8. The number of hydrogen-bond donors (Lipinski definition) is 0. The quantitative estimate of drug-likeness (QED) is 0.787. The molecule has 22 heavy (non-hydrogen) atoms. The predicted octanol–water partition coefficient (Wildman–Crippen LogP) is 2.52. The average Bonchev–Trinajstić information content (AvgIpc) is 2.88. The fourth-order valence-electron chi connectivity index (χ4n) is 3.49. The molecule has 1 aliphatic heterocycles. The van der Waals surface area contributed by atoms with Crippen LogP contribution in [0.2, 0.25) is 0 Å². The number of carbonyl (C=O) groups excluding carboxylic acids is 1. The Bertz CT molecular complexity index is 736. The van der Waals surface area contributed by atoms with Crippen molar-refractivity contribution < 1.29 is 13.2 Å². The van der Waals surface area contributed by atoms with Crippen LogP contribution in [0.25, 0.3) is 0 Å². The third-order valence-corrected chi connectivity index (χ3v) is 5.84. The second-order valence-electron chi connectivity index (χ2n) is 6.52. The molecular formula is C17H21NO3S. The van der Waals surface area contributed by atoms with Gasteiger partial charge in [-0.25, -0.2) is 8.42 Å². The minimum Gasteiger partial charge on any atom is -0.338 e. The molecule has 1 aliphatic carbocycles. The highest BCUT2D eigenvalue weighted by molar-refractivity contribution is 7.90. The van der Waals surface area contributed by atoms with Crippen molar-refractivity contribution in [3.63, 3.8) is 0 Å². The predicted molar refractivity (Wildman–Crippen MR) is 85.4 cm³/mol. The second-order valence-corrected chi connectivity index (χ2v) is 8.54. The molecule has 0 bridgehead atoms. The van der Waals surface area contributed by atoms with Crippen LogP contribution in [0.1, 0.15) is 30.1 Å². The van der Waals surface area contributed by atoms with Gasteiger partial charge < -0.3 is 4.90 Å². The van der Waals surface area contributed by atoms with Crippen molar-refractivity contribution in [2.45, 2.75) is 24.7 Å². The Morgan fingerprint density at radius 3 is 2.68 bits per heavy atom. The summed E-state index contributed by atoms with van der Waals surface area (Å²) < 4.78 is 23.3. The van der Waals surface area contributed by atoms with Gasteiger partial charge in [0.25, 0.3) is 5.91 Å². The molecule has 1 heterocycles. The highest BCUT2D eigenvalue weighted by Gasteiger charge is 2.36. The molecule has 0 radical (unpaired) electrons. The van der Waals surface area contributed by atoms with E-state index in [2.05, 4.69) is 13.0 Å². The first-order valence-corrected chi connectivity index (χ1v) is 9.49. The van der Waals surface area contributed by atoms with Crippen molar-refractivity contribution in [1.29, 1.82) is 0 Å². The lowest BCUT2D eigenvalue weighted by molar-refractivity contribution is 0.0784. The molecule has 1 aromatic carbocycles. The topological polar surface area (TPSA) is 54.5 Å². The van der Waals surface area contributed by atoms with Crippen LogP contribution in [0.5, 0.6) is 0 Å². The molecule has 1 fully saturated rings. The summed E-state index contributed by atoms with van der Waals surface area (Å²) >= 11 is 0. The number of carbonyl (C=O) groups is 1. The van der Waals surface area contributed by atoms with Crippen LogP contribution in [0.4, 0.5) is 0 Å². The van der Waals surface area contributed by atoms with Crippen LogP contribution in [0.3, 0.4) is 0 Å². The number of nitrogens with zero attached hydrogens (tertiary/aromatic N) is 1. The molecule has 1 amide bonds. The van der Waals surface area contributed by atoms with E-state index < -0.39 is 9.84 Å². The lowest BCUT2D eigenvalue weighted by Crippen LogP contribution is -2.29. The van der Waals surface area contributed by atoms with Crippen molar-refractivity contribution in [3.8, 4) is 0 Å². The molecule has 2 atom stereocenters. The molecule has 0 N–H and O–H groups in total. The van der Waals surface area contributed by atoms with Crippen molar-refractivity contribution >= 4 is 15.7 Å². The Labute approximate surface area is 131 Å². The highest BCUT2D eigenvalue weighted by atomic mass is 32.2. The van der Waals surface area contributed by atoms with Gasteiger partial charge in [-0.15, -0.1) is 0 Å². The molecule has 4 nitrogen and oxygen atoms in total. The van der Waals surface area contributed by atoms with Gasteiger partial charge in [0.2, 0.25) is 0 Å². The van der Waals surface area contributed by atoms with Crippen LogP contribution in [-0.4, -0.2) is 38.6 Å². The molecular weight excluding hydrogens is 298 g/mol. The maximum atomic E-state index is 12.7. The Balaban J connectivity index is 1.79. The van der Waals surface area contributed by atoms with Gasteiger partial charge in [0.1, 0.15) is 0 Å². The van der Waals surface area contributed by atoms with Gasteiger partial charge in [0.15, 0.2) is 9.84 Å². The zero-order valence-electron chi connectivity index (χ0n) is 13.0. The summed E-state index contributed by atoms with van der Waals surface area (Å²) in [5, 5.41) is 0. The standard InChI is InChI=1S/C17H21NO3S/c1-12-6-7-14-10-18(11-15(14)8-12)17(19)13-4-3-5-16(9-13)22(2,20)21/h3-6,9,14-15H,7-8,10-11H2,1-2H3/t14-,15+/m1/s1. The lowest BCUT2D eigenvalue weighted by atomic mass is 9.83. The Morgan fingerprint density at radius 1 is 1.23 bits per heavy atom. The molecule has 2 aliphatic rings. The number of fused-ring (bicyclic) bond motifs is 1. The summed E-state index contributed by atoms with van der Waals surface area (Å²) in [4.78, 5) is 14.7. The molecule has 0 spiro atoms. The van der Waals surface area contributed by atoms with Crippen LogP contribution < -0.4 is 0 Å². The van der Waals surface area contributed by atoms with Crippen LogP contribution >= 0.6 is 0 Å². The third-order valence-electron chi connectivity index (χ3n) is 4.73. The molecule has 0 unspecified atom stereocenters. The number of hydrogen-bond acceptors (Lipinski definition) is 3. The minimum atomic E-state index is -3.29. The lowest BCUT2D eigenvalue weighted by Gasteiger charge is -2.21. The average molecular weight is 319 g/mol. The van der Waals surface area contributed by atoms with Gasteiger partial charge in [-0.1, -0.05) is 17.7 Å². The largest absolute Gasteiger partial charge is 0.338 e. The summed E-state index contributed by atoms with van der Waals surface area (Å²) in [5.41, 5.74) is 1.88. The SMILES string of the molecule is CC1=CC[C@@H]2CN(C(=O)c3cccc(S(C)(=O)=O)c3)C[C@@H]2C1. The van der Waals surface area contributed by atoms with Gasteiger partial charge in [0, 0.05) is 24.9 Å². The number of rotatable bonds is 2. The molecule has 1 saturated heterocycles. The van der Waals surface area contributed by atoms with Gasteiger partial charge in [-0.3, -0.25) is 4.79 Å². The molecule has 3 rings (SSSR count). The molecule has 118 valence electrons. The van der Waals surface area contributed by atoms with Gasteiger partial charge >= 0.3 is 0 Å². The Hall–Kier alpha value is -1.62. The van der Waals surface area contributed by atoms with Crippen LogP contribution in [0.15, 0.2) is 40.8 Å². The van der Waals surface area contributed by atoms with E-state index in [-0.39, 0.29) is 10.8 Å². The fraction of sp³-hybridized carbons (Fsp3) is 0.471. The van der Waals surface area contributed by atoms with Crippen molar-refractivity contribution in [1.82, 2.24) is 4.90 Å². The number of likely N-dealkylation sites (tertiary alicyclic amines) is 1. The van der Waals surface area contributed by atoms with Crippen molar-refractivity contribution in [2.24, 2.45) is 11.8 Å². The van der Waals surface area contributed by atoms with Gasteiger partial charge in [-0.2, -0.15) is 0 Å². The summed E-state index contributed by atoms with van der Waals surface area (Å²) in [6.45, 7) is 3.70. The number of benzene rings is 1. The minimum absolute atomic E-state index is 0.0578. The van der Waals surface area contributed by atoms with Gasteiger partial charge in [-0.05, 0) is 49.8 Å². The summed E-state index contributed by atoms with van der Waals surface area (Å²) in [6, 6.07) is 6.35. The van der Waals surface area contributed by atoms with E-state index in [1.807, 2.05) is 4.90 Å². The van der Waals surface area contributed by atoms with Gasteiger partial charge in [0.05, 0.1) is 4.90 Å². The number of amides is 1. The van der Waals surface area contributed by atoms with E-state index in [4.69, 9.17) is 0 Å². The first kappa shape index (κ1) is 15.3. The third kappa shape index (κ3) is 2.95. The molecule has 0 aromatic heterocycles. The Kier molecular flexibility index (Phi) is 3.85. The second kappa shape index (κ2) is 5.54. The summed E-state index contributed by atoms with van der Waals surface area (Å²) in [6.07, 6.45) is 5.55. The first-order chi connectivity index (χ1) is 10.3. The van der Waals surface area contributed by atoms with Crippen LogP contribution in [-0.2, 0) is 9.84 Å². The van der Waals surface area contributed by atoms with E-state index in [1.54, 1.807) is 12.1 Å². The smallest absolute Gasteiger partial charge is 0.253 e. The normalized spacial score (nSPS) is 24.8. The van der Waals surface area contributed by atoms with Crippen molar-refractivity contribution in [3.05, 3.63) is 41.5 Å². The number of allylic oxidation sites excluding steroid dienone is 2. The highest BCUT2D eigenvalue weighted by Crippen LogP contribution is 2.36. The Morgan fingerprint density at radius 2 is 1.95 bits per heavy atom. The van der Waals surface area contributed by atoms with Crippen molar-refractivity contribution in [2.75, 3.05) is 19.3 Å². The van der Waals surface area contributed by atoms with E-state index in [0.717, 1.165) is 32.2 Å². The maximum Gasteiger partial charge on any atom is 0.253 e. The summed E-state index contributed by atoms with van der Waals surface area (Å²) in [5.74, 6) is 1.04. The van der Waals surface area contributed by atoms with Crippen LogP contribution in [0, 0.1) is 11.8 Å².